The standard InChI is InChI=1S/C34H33F5N6S2/c1-4-19(16-46-22-9-7-21(35)8-10-22)11-13-41-32-25(33-44-31-24(47-33)12-14-40-30(31)20-5-6-20)18(3)43-34(45-32)42-15-23-28(38)26(36)17(2)27(37)29(23)39/h7-10,12,14,19-20H,4-6,11,13,15-16H2,1-3H3,(H2,41,42,43,45)/t19-/m0/s1. The smallest absolute Gasteiger partial charge is 0.225 e. The fourth-order valence-electron chi connectivity index (χ4n) is 5.33. The largest absolute Gasteiger partial charge is 0.369 e. The van der Waals surface area contributed by atoms with Crippen LogP contribution in [0.5, 0.6) is 0 Å². The van der Waals surface area contributed by atoms with E-state index < -0.39 is 40.9 Å². The number of pyridine rings is 1. The molecular formula is C34H33F5N6S2. The fraction of sp³-hybridized carbons (Fsp3) is 0.353. The molecule has 5 aromatic rings. The van der Waals surface area contributed by atoms with Gasteiger partial charge in [0.25, 0.3) is 0 Å². The van der Waals surface area contributed by atoms with Gasteiger partial charge in [-0.1, -0.05) is 13.3 Å². The molecular weight excluding hydrogens is 652 g/mol. The van der Waals surface area contributed by atoms with Crippen LogP contribution in [0, 0.1) is 48.9 Å². The molecule has 1 saturated carbocycles. The van der Waals surface area contributed by atoms with Gasteiger partial charge >= 0.3 is 0 Å². The van der Waals surface area contributed by atoms with Crippen LogP contribution >= 0.6 is 23.1 Å². The lowest BCUT2D eigenvalue weighted by atomic mass is 10.1. The lowest BCUT2D eigenvalue weighted by molar-refractivity contribution is 0.432. The lowest BCUT2D eigenvalue weighted by Gasteiger charge is -2.18. The summed E-state index contributed by atoms with van der Waals surface area (Å²) in [5, 5.41) is 6.90. The van der Waals surface area contributed by atoms with E-state index in [1.807, 2.05) is 6.07 Å². The maximum absolute atomic E-state index is 14.6. The summed E-state index contributed by atoms with van der Waals surface area (Å²) in [4.78, 5) is 19.8. The summed E-state index contributed by atoms with van der Waals surface area (Å²) in [6.45, 7) is 4.89. The number of thiazole rings is 1. The van der Waals surface area contributed by atoms with E-state index in [9.17, 15) is 22.0 Å². The highest BCUT2D eigenvalue weighted by Crippen LogP contribution is 2.44. The summed E-state index contributed by atoms with van der Waals surface area (Å²) in [6.07, 6.45) is 5.72. The Morgan fingerprint density at radius 3 is 2.32 bits per heavy atom. The molecule has 0 saturated heterocycles. The number of halogens is 5. The van der Waals surface area contributed by atoms with Gasteiger partial charge in [-0.15, -0.1) is 23.1 Å². The second-order valence-electron chi connectivity index (χ2n) is 11.7. The van der Waals surface area contributed by atoms with Crippen molar-refractivity contribution in [2.24, 2.45) is 5.92 Å². The number of hydrogen-bond donors (Lipinski definition) is 2. The Balaban J connectivity index is 1.27. The zero-order valence-electron chi connectivity index (χ0n) is 26.1. The van der Waals surface area contributed by atoms with E-state index in [1.54, 1.807) is 37.0 Å². The third-order valence-corrected chi connectivity index (χ3v) is 10.6. The van der Waals surface area contributed by atoms with Gasteiger partial charge in [0, 0.05) is 47.0 Å². The van der Waals surface area contributed by atoms with Crippen molar-refractivity contribution in [2.75, 3.05) is 22.9 Å². The normalized spacial score (nSPS) is 13.7. The number of fused-ring (bicyclic) bond motifs is 1. The van der Waals surface area contributed by atoms with Gasteiger partial charge in [0.05, 0.1) is 21.7 Å². The third kappa shape index (κ3) is 7.20. The second-order valence-corrected chi connectivity index (χ2v) is 13.8. The predicted molar refractivity (Wildman–Crippen MR) is 178 cm³/mol. The highest BCUT2D eigenvalue weighted by molar-refractivity contribution is 7.99. The van der Waals surface area contributed by atoms with E-state index in [-0.39, 0.29) is 11.8 Å². The van der Waals surface area contributed by atoms with E-state index in [0.29, 0.717) is 40.5 Å². The summed E-state index contributed by atoms with van der Waals surface area (Å²) >= 11 is 3.18. The molecule has 3 aromatic heterocycles. The Kier molecular flexibility index (Phi) is 9.93. The predicted octanol–water partition coefficient (Wildman–Crippen LogP) is 9.57. The van der Waals surface area contributed by atoms with Crippen molar-refractivity contribution in [3.8, 4) is 10.6 Å². The number of nitrogens with one attached hydrogen (secondary N) is 2. The van der Waals surface area contributed by atoms with Gasteiger partial charge in [-0.25, -0.2) is 31.9 Å². The zero-order valence-corrected chi connectivity index (χ0v) is 27.7. The minimum atomic E-state index is -1.46. The molecule has 0 radical (unpaired) electrons. The number of hydrogen-bond acceptors (Lipinski definition) is 8. The number of nitrogens with zero attached hydrogens (tertiary/aromatic N) is 4. The Hall–Kier alpha value is -3.84. The van der Waals surface area contributed by atoms with Gasteiger partial charge in [0.15, 0.2) is 23.3 Å². The van der Waals surface area contributed by atoms with Gasteiger partial charge < -0.3 is 10.6 Å². The number of aromatic nitrogens is 4. The van der Waals surface area contributed by atoms with E-state index in [0.717, 1.165) is 59.2 Å². The molecule has 13 heteroatoms. The molecule has 2 aromatic carbocycles. The van der Waals surface area contributed by atoms with E-state index in [4.69, 9.17) is 4.98 Å². The molecule has 0 bridgehead atoms. The molecule has 47 heavy (non-hydrogen) atoms. The molecule has 0 aliphatic heterocycles. The molecule has 3 heterocycles. The molecule has 1 fully saturated rings. The van der Waals surface area contributed by atoms with Gasteiger partial charge in [-0.05, 0) is 69.4 Å². The highest BCUT2D eigenvalue weighted by Gasteiger charge is 2.29. The van der Waals surface area contributed by atoms with E-state index >= 15 is 0 Å². The Morgan fingerprint density at radius 1 is 0.915 bits per heavy atom. The Morgan fingerprint density at radius 2 is 1.64 bits per heavy atom. The first-order valence-electron chi connectivity index (χ1n) is 15.5. The van der Waals surface area contributed by atoms with Gasteiger partial charge in [0.2, 0.25) is 5.95 Å². The van der Waals surface area contributed by atoms with Crippen LogP contribution in [0.25, 0.3) is 20.8 Å². The van der Waals surface area contributed by atoms with Crippen molar-refractivity contribution in [1.82, 2.24) is 19.9 Å². The number of thioether (sulfide) groups is 1. The summed E-state index contributed by atoms with van der Waals surface area (Å²) < 4.78 is 72.0. The third-order valence-electron chi connectivity index (χ3n) is 8.32. The number of anilines is 2. The second kappa shape index (κ2) is 14.1. The van der Waals surface area contributed by atoms with Crippen molar-refractivity contribution in [1.29, 1.82) is 0 Å². The monoisotopic (exact) mass is 684 g/mol. The number of rotatable bonds is 13. The van der Waals surface area contributed by atoms with Crippen LogP contribution < -0.4 is 10.6 Å². The molecule has 6 rings (SSSR count). The first-order chi connectivity index (χ1) is 22.6. The van der Waals surface area contributed by atoms with Crippen LogP contribution in [-0.4, -0.2) is 32.2 Å². The molecule has 246 valence electrons. The van der Waals surface area contributed by atoms with Gasteiger partial charge in [0.1, 0.15) is 22.2 Å². The summed E-state index contributed by atoms with van der Waals surface area (Å²) in [5.41, 5.74) is 1.61. The summed E-state index contributed by atoms with van der Waals surface area (Å²) in [6, 6.07) is 8.39. The van der Waals surface area contributed by atoms with Crippen molar-refractivity contribution >= 4 is 45.1 Å². The summed E-state index contributed by atoms with van der Waals surface area (Å²) in [7, 11) is 0. The van der Waals surface area contributed by atoms with Crippen molar-refractivity contribution in [3.05, 3.63) is 88.1 Å². The van der Waals surface area contributed by atoms with Crippen molar-refractivity contribution in [3.63, 3.8) is 0 Å². The van der Waals surface area contributed by atoms with Gasteiger partial charge in [-0.3, -0.25) is 4.98 Å². The zero-order chi connectivity index (χ0) is 33.2. The van der Waals surface area contributed by atoms with Crippen LogP contribution in [0.15, 0.2) is 41.4 Å². The number of benzene rings is 2. The Labute approximate surface area is 277 Å². The topological polar surface area (TPSA) is 75.6 Å². The maximum atomic E-state index is 14.6. The molecule has 6 nitrogen and oxygen atoms in total. The molecule has 2 N–H and O–H groups in total. The maximum Gasteiger partial charge on any atom is 0.225 e. The average molecular weight is 685 g/mol. The van der Waals surface area contributed by atoms with E-state index in [1.165, 1.54) is 23.5 Å². The quantitative estimate of drug-likeness (QED) is 0.0727. The van der Waals surface area contributed by atoms with Crippen LogP contribution in [-0.2, 0) is 6.54 Å². The Bertz CT molecular complexity index is 1880. The minimum absolute atomic E-state index is 0.0364. The molecule has 1 aliphatic rings. The fourth-order valence-corrected chi connectivity index (χ4v) is 7.55. The summed E-state index contributed by atoms with van der Waals surface area (Å²) in [5.74, 6) is -3.93. The molecule has 1 atom stereocenters. The number of aryl methyl sites for hydroxylation is 1. The van der Waals surface area contributed by atoms with Crippen molar-refractivity contribution < 1.29 is 22.0 Å². The first kappa shape index (κ1) is 33.1. The van der Waals surface area contributed by atoms with Crippen molar-refractivity contribution in [2.45, 2.75) is 63.8 Å². The molecule has 0 spiro atoms. The van der Waals surface area contributed by atoms with Crippen LogP contribution in [0.4, 0.5) is 33.7 Å². The first-order valence-corrected chi connectivity index (χ1v) is 17.3. The van der Waals surface area contributed by atoms with Crippen LogP contribution in [0.2, 0.25) is 0 Å². The van der Waals surface area contributed by atoms with Crippen LogP contribution in [0.3, 0.4) is 0 Å². The average Bonchev–Trinajstić information content (AvgIpc) is 3.82. The van der Waals surface area contributed by atoms with Gasteiger partial charge in [-0.2, -0.15) is 4.98 Å². The molecule has 0 unspecified atom stereocenters. The van der Waals surface area contributed by atoms with Crippen LogP contribution in [0.1, 0.15) is 61.0 Å². The highest BCUT2D eigenvalue weighted by atomic mass is 32.2. The lowest BCUT2D eigenvalue weighted by Crippen LogP contribution is -2.15. The minimum Gasteiger partial charge on any atom is -0.369 e. The SMILES string of the molecule is CC[C@@H](CCNc1nc(NCc2c(F)c(F)c(C)c(F)c2F)nc(C)c1-c1nc2c(C3CC3)nccc2s1)CSc1ccc(F)cc1. The van der Waals surface area contributed by atoms with E-state index in [2.05, 4.69) is 32.5 Å². The molecule has 0 amide bonds. The molecule has 1 aliphatic carbocycles.